The number of nitrogens with one attached hydrogen (secondary N) is 1. The molecular weight excluding hydrogens is 861 g/mol. The average molecular weight is 988 g/mol. The van der Waals surface area contributed by atoms with E-state index in [0.29, 0.717) is 43.1 Å². The van der Waals surface area contributed by atoms with Crippen molar-refractivity contribution in [1.82, 2.24) is 10.2 Å². The quantitative estimate of drug-likeness (QED) is 0.0485. The summed E-state index contributed by atoms with van der Waals surface area (Å²) in [4.78, 5) is 41.9. The number of ether oxygens (including phenoxy) is 1. The number of Topliss-reactive ketones (excluding diaryl/α,β-unsaturated/α-hetero) is 1. The minimum Gasteiger partial charge on any atom is -0.465 e. The van der Waals surface area contributed by atoms with Gasteiger partial charge in [-0.2, -0.15) is 0 Å². The van der Waals surface area contributed by atoms with Gasteiger partial charge in [0, 0.05) is 38.3 Å². The topological polar surface area (TPSA) is 75.7 Å². The molecule has 0 aromatic carbocycles. The molecule has 0 rings (SSSR count). The number of rotatable bonds is 58. The number of ketones is 1. The lowest BCUT2D eigenvalue weighted by molar-refractivity contribution is -0.145. The highest BCUT2D eigenvalue weighted by molar-refractivity contribution is 5.78. The van der Waals surface area contributed by atoms with Crippen LogP contribution in [0.3, 0.4) is 0 Å². The largest absolute Gasteiger partial charge is 0.465 e. The van der Waals surface area contributed by atoms with E-state index in [-0.39, 0.29) is 5.97 Å². The van der Waals surface area contributed by atoms with Crippen molar-refractivity contribution < 1.29 is 19.1 Å². The summed E-state index contributed by atoms with van der Waals surface area (Å²) < 4.78 is 5.88. The molecule has 3 unspecified atom stereocenters. The number of carbonyl (C=O) groups is 3. The van der Waals surface area contributed by atoms with Crippen molar-refractivity contribution in [1.29, 1.82) is 0 Å². The predicted molar refractivity (Wildman–Crippen MR) is 307 cm³/mol. The molecule has 0 aromatic heterocycles. The highest BCUT2D eigenvalue weighted by Gasteiger charge is 2.23. The minimum absolute atomic E-state index is 0.00814. The summed E-state index contributed by atoms with van der Waals surface area (Å²) in [5, 5.41) is 3.32. The lowest BCUT2D eigenvalue weighted by Crippen LogP contribution is -2.41. The molecule has 0 aromatic rings. The Hall–Kier alpha value is -1.43. The first kappa shape index (κ1) is 68.6. The van der Waals surface area contributed by atoms with Gasteiger partial charge in [0.2, 0.25) is 5.91 Å². The number of unbranched alkanes of at least 4 members (excludes halogenated alkanes) is 30. The Labute approximate surface area is 439 Å². The van der Waals surface area contributed by atoms with Crippen LogP contribution >= 0.6 is 0 Å². The highest BCUT2D eigenvalue weighted by Crippen LogP contribution is 2.26. The molecule has 1 amide bonds. The molecule has 0 heterocycles. The molecule has 0 saturated heterocycles. The van der Waals surface area contributed by atoms with Crippen molar-refractivity contribution in [3.8, 4) is 0 Å². The van der Waals surface area contributed by atoms with E-state index in [9.17, 15) is 14.4 Å². The van der Waals surface area contributed by atoms with Gasteiger partial charge in [-0.05, 0) is 83.2 Å². The van der Waals surface area contributed by atoms with E-state index in [4.69, 9.17) is 4.74 Å². The second kappa shape index (κ2) is 55.3. The third kappa shape index (κ3) is 46.4. The Balaban J connectivity index is 4.91. The van der Waals surface area contributed by atoms with Gasteiger partial charge in [-0.3, -0.25) is 14.4 Å². The summed E-state index contributed by atoms with van der Waals surface area (Å²) in [5.41, 5.74) is 0. The zero-order valence-corrected chi connectivity index (χ0v) is 48.6. The molecule has 0 aliphatic carbocycles. The normalized spacial score (nSPS) is 12.9. The van der Waals surface area contributed by atoms with Crippen LogP contribution in [0.5, 0.6) is 0 Å². The van der Waals surface area contributed by atoms with Crippen molar-refractivity contribution in [3.63, 3.8) is 0 Å². The van der Waals surface area contributed by atoms with Gasteiger partial charge in [-0.1, -0.05) is 266 Å². The molecule has 0 aliphatic heterocycles. The number of nitrogens with zero attached hydrogens (tertiary/aromatic N) is 1. The van der Waals surface area contributed by atoms with Gasteiger partial charge in [0.1, 0.15) is 5.78 Å². The Morgan fingerprint density at radius 3 is 1.17 bits per heavy atom. The van der Waals surface area contributed by atoms with E-state index in [1.54, 1.807) is 0 Å². The summed E-state index contributed by atoms with van der Waals surface area (Å²) in [5.74, 6) is 2.17. The van der Waals surface area contributed by atoms with E-state index < -0.39 is 0 Å². The molecule has 0 spiro atoms. The average Bonchev–Trinajstić information content (AvgIpc) is 3.36. The van der Waals surface area contributed by atoms with Crippen LogP contribution in [-0.4, -0.2) is 55.3 Å². The minimum atomic E-state index is 0.00814. The molecular formula is C64H126N2O4. The second-order valence-corrected chi connectivity index (χ2v) is 22.5. The molecule has 1 N–H and O–H groups in total. The third-order valence-corrected chi connectivity index (χ3v) is 15.7. The third-order valence-electron chi connectivity index (χ3n) is 15.7. The molecule has 0 bridgehead atoms. The summed E-state index contributed by atoms with van der Waals surface area (Å²) >= 11 is 0. The molecule has 3 atom stereocenters. The fourth-order valence-electron chi connectivity index (χ4n) is 10.8. The Bertz CT molecular complexity index is 1030. The zero-order chi connectivity index (χ0) is 51.2. The van der Waals surface area contributed by atoms with E-state index in [2.05, 4.69) is 44.8 Å². The van der Waals surface area contributed by atoms with Crippen LogP contribution in [0, 0.1) is 11.8 Å². The number of esters is 1. The van der Waals surface area contributed by atoms with Crippen LogP contribution in [0.1, 0.15) is 349 Å². The van der Waals surface area contributed by atoms with Crippen molar-refractivity contribution in [2.24, 2.45) is 11.8 Å². The maximum absolute atomic E-state index is 13.9. The second-order valence-electron chi connectivity index (χ2n) is 22.5. The summed E-state index contributed by atoms with van der Waals surface area (Å²) in [7, 11) is 2.02. The molecule has 6 heteroatoms. The number of amides is 1. The molecule has 0 aliphatic rings. The highest BCUT2D eigenvalue weighted by atomic mass is 16.5. The van der Waals surface area contributed by atoms with Crippen molar-refractivity contribution in [2.75, 3.05) is 26.7 Å². The first-order valence-electron chi connectivity index (χ1n) is 32.0. The molecule has 0 fully saturated rings. The van der Waals surface area contributed by atoms with Crippen LogP contribution in [0.4, 0.5) is 0 Å². The number of hydrogen-bond acceptors (Lipinski definition) is 5. The van der Waals surface area contributed by atoms with Gasteiger partial charge in [0.25, 0.3) is 0 Å². The van der Waals surface area contributed by atoms with Crippen LogP contribution in [-0.2, 0) is 19.1 Å². The van der Waals surface area contributed by atoms with Crippen molar-refractivity contribution in [2.45, 2.75) is 355 Å². The van der Waals surface area contributed by atoms with Gasteiger partial charge in [0.05, 0.1) is 6.61 Å². The molecule has 6 nitrogen and oxygen atoms in total. The fraction of sp³-hybridized carbons (Fsp3) is 0.953. The van der Waals surface area contributed by atoms with Crippen LogP contribution in [0.25, 0.3) is 0 Å². The SMILES string of the molecule is CCCCCCCCC(CCCCCC)CCC(=O)CCCCCCCCC(CCCCCCCCC(=O)OCC(CCCCCC)CCCCCCCC)N(CCCNC)C(=O)CCCCCCC. The van der Waals surface area contributed by atoms with Crippen molar-refractivity contribution >= 4 is 17.7 Å². The van der Waals surface area contributed by atoms with Crippen molar-refractivity contribution in [3.05, 3.63) is 0 Å². The van der Waals surface area contributed by atoms with Gasteiger partial charge < -0.3 is 15.0 Å². The Kier molecular flexibility index (Phi) is 54.2. The monoisotopic (exact) mass is 987 g/mol. The Morgan fingerprint density at radius 1 is 0.371 bits per heavy atom. The fourth-order valence-corrected chi connectivity index (χ4v) is 10.8. The van der Waals surface area contributed by atoms with Crippen LogP contribution < -0.4 is 5.32 Å². The van der Waals surface area contributed by atoms with Gasteiger partial charge in [0.15, 0.2) is 0 Å². The van der Waals surface area contributed by atoms with Gasteiger partial charge in [-0.25, -0.2) is 0 Å². The van der Waals surface area contributed by atoms with Crippen LogP contribution in [0.2, 0.25) is 0 Å². The first-order chi connectivity index (χ1) is 34.4. The number of hydrogen-bond donors (Lipinski definition) is 1. The zero-order valence-electron chi connectivity index (χ0n) is 48.6. The smallest absolute Gasteiger partial charge is 0.305 e. The van der Waals surface area contributed by atoms with E-state index in [0.717, 1.165) is 89.6 Å². The molecule has 416 valence electrons. The number of carbonyl (C=O) groups excluding carboxylic acids is 3. The van der Waals surface area contributed by atoms with Gasteiger partial charge >= 0.3 is 5.97 Å². The van der Waals surface area contributed by atoms with Gasteiger partial charge in [-0.15, -0.1) is 0 Å². The molecule has 0 radical (unpaired) electrons. The maximum Gasteiger partial charge on any atom is 0.305 e. The van der Waals surface area contributed by atoms with E-state index >= 15 is 0 Å². The molecule has 0 saturated carbocycles. The lowest BCUT2D eigenvalue weighted by atomic mass is 9.89. The summed E-state index contributed by atoms with van der Waals surface area (Å²) in [6, 6.07) is 0.334. The predicted octanol–water partition coefficient (Wildman–Crippen LogP) is 20.0. The standard InChI is InChI=1S/C64H126N2O4/c1-7-12-17-22-29-37-46-59(45-35-20-15-10-4)54-55-62(67)51-41-33-26-24-31-39-49-61(66(57-44-56-65-6)63(68)52-42-28-19-14-9-3)50-40-32-25-27-34-43-53-64(69)70-58-60(47-36-21-16-11-5)48-38-30-23-18-13-8-2/h59-61,65H,7-58H2,1-6H3. The van der Waals surface area contributed by atoms with E-state index in [1.807, 2.05) is 7.05 Å². The lowest BCUT2D eigenvalue weighted by Gasteiger charge is -2.33. The first-order valence-corrected chi connectivity index (χ1v) is 32.0. The maximum atomic E-state index is 13.9. The Morgan fingerprint density at radius 2 is 0.729 bits per heavy atom. The molecule has 70 heavy (non-hydrogen) atoms. The van der Waals surface area contributed by atoms with E-state index in [1.165, 1.54) is 231 Å². The van der Waals surface area contributed by atoms with Crippen LogP contribution in [0.15, 0.2) is 0 Å². The summed E-state index contributed by atoms with van der Waals surface area (Å²) in [6.45, 7) is 13.8. The summed E-state index contributed by atoms with van der Waals surface area (Å²) in [6.07, 6.45) is 58.5.